The predicted molar refractivity (Wildman–Crippen MR) is 66.5 cm³/mol. The molecule has 0 aliphatic carbocycles. The van der Waals surface area contributed by atoms with E-state index < -0.39 is 0 Å². The fourth-order valence-electron chi connectivity index (χ4n) is 1.53. The van der Waals surface area contributed by atoms with Gasteiger partial charge in [0.25, 0.3) is 0 Å². The second-order valence-electron chi connectivity index (χ2n) is 3.65. The molecule has 3 N–H and O–H groups in total. The van der Waals surface area contributed by atoms with Crippen LogP contribution in [0.5, 0.6) is 0 Å². The molecule has 0 spiro atoms. The third-order valence-electron chi connectivity index (χ3n) is 2.30. The fraction of sp³-hybridized carbons (Fsp3) is 0.364. The van der Waals surface area contributed by atoms with Crippen LogP contribution in [0, 0.1) is 0 Å². The summed E-state index contributed by atoms with van der Waals surface area (Å²) in [5.41, 5.74) is 0.632. The zero-order valence-corrected chi connectivity index (χ0v) is 9.95. The van der Waals surface area contributed by atoms with Gasteiger partial charge < -0.3 is 20.7 Å². The molecule has 2 heterocycles. The number of aromatic nitrogens is 1. The zero-order valence-electron chi connectivity index (χ0n) is 9.95. The van der Waals surface area contributed by atoms with Gasteiger partial charge in [0.1, 0.15) is 12.4 Å². The number of nitrogens with one attached hydrogen (secondary N) is 3. The van der Waals surface area contributed by atoms with Crippen molar-refractivity contribution in [2.24, 2.45) is 0 Å². The number of rotatable bonds is 4. The average Bonchev–Trinajstić information content (AvgIpc) is 2.36. The lowest BCUT2D eigenvalue weighted by molar-refractivity contribution is -0.140. The summed E-state index contributed by atoms with van der Waals surface area (Å²) in [6.45, 7) is 2.36. The van der Waals surface area contributed by atoms with Gasteiger partial charge in [-0.15, -0.1) is 0 Å². The van der Waals surface area contributed by atoms with Gasteiger partial charge >= 0.3 is 5.97 Å². The van der Waals surface area contributed by atoms with Crippen molar-refractivity contribution in [3.63, 3.8) is 0 Å². The molecule has 18 heavy (non-hydrogen) atoms. The number of pyridine rings is 1. The molecule has 0 saturated carbocycles. The largest absolute Gasteiger partial charge is 0.465 e. The first kappa shape index (κ1) is 12.2. The van der Waals surface area contributed by atoms with Crippen LogP contribution in [0.4, 0.5) is 17.3 Å². The minimum atomic E-state index is -0.335. The molecule has 1 aliphatic rings. The van der Waals surface area contributed by atoms with Crippen molar-refractivity contribution in [3.05, 3.63) is 12.1 Å². The quantitative estimate of drug-likeness (QED) is 0.671. The molecule has 0 fully saturated rings. The summed E-state index contributed by atoms with van der Waals surface area (Å²) in [4.78, 5) is 26.5. The van der Waals surface area contributed by atoms with Crippen LogP contribution in [0.25, 0.3) is 0 Å². The van der Waals surface area contributed by atoms with E-state index in [2.05, 4.69) is 20.9 Å². The number of amides is 1. The Hall–Kier alpha value is -2.31. The van der Waals surface area contributed by atoms with Crippen LogP contribution >= 0.6 is 0 Å². The van der Waals surface area contributed by atoms with E-state index in [0.717, 1.165) is 0 Å². The number of carbonyl (C=O) groups excluding carboxylic acids is 2. The monoisotopic (exact) mass is 250 g/mol. The molecule has 0 aromatic carbocycles. The summed E-state index contributed by atoms with van der Waals surface area (Å²) < 4.78 is 4.79. The zero-order chi connectivity index (χ0) is 13.0. The number of fused-ring (bicyclic) bond motifs is 1. The summed E-state index contributed by atoms with van der Waals surface area (Å²) in [7, 11) is 0. The third-order valence-corrected chi connectivity index (χ3v) is 2.30. The van der Waals surface area contributed by atoms with E-state index >= 15 is 0 Å². The Morgan fingerprint density at radius 1 is 1.56 bits per heavy atom. The second-order valence-corrected chi connectivity index (χ2v) is 3.65. The number of anilines is 3. The van der Waals surface area contributed by atoms with E-state index in [-0.39, 0.29) is 25.0 Å². The maximum atomic E-state index is 11.2. The maximum Gasteiger partial charge on any atom is 0.325 e. The minimum absolute atomic E-state index is 0.0615. The summed E-state index contributed by atoms with van der Waals surface area (Å²) in [6, 6.07) is 3.41. The number of nitrogens with zero attached hydrogens (tertiary/aromatic N) is 1. The molecule has 0 saturated heterocycles. The van der Waals surface area contributed by atoms with Crippen LogP contribution < -0.4 is 16.0 Å². The molecule has 1 aliphatic heterocycles. The molecule has 0 bridgehead atoms. The van der Waals surface area contributed by atoms with Gasteiger partial charge in [-0.2, -0.15) is 0 Å². The Morgan fingerprint density at radius 2 is 2.39 bits per heavy atom. The Balaban J connectivity index is 1.99. The molecule has 0 radical (unpaired) electrons. The molecule has 7 heteroatoms. The van der Waals surface area contributed by atoms with Crippen LogP contribution in [0.3, 0.4) is 0 Å². The molecule has 1 amide bonds. The fourth-order valence-corrected chi connectivity index (χ4v) is 1.53. The van der Waals surface area contributed by atoms with Crippen molar-refractivity contribution in [1.29, 1.82) is 0 Å². The van der Waals surface area contributed by atoms with Gasteiger partial charge in [-0.05, 0) is 19.1 Å². The Morgan fingerprint density at radius 3 is 3.17 bits per heavy atom. The molecular weight excluding hydrogens is 236 g/mol. The van der Waals surface area contributed by atoms with Crippen LogP contribution in [0.1, 0.15) is 6.92 Å². The van der Waals surface area contributed by atoms with Gasteiger partial charge in [0.2, 0.25) is 5.91 Å². The van der Waals surface area contributed by atoms with E-state index in [1.807, 2.05) is 0 Å². The number of esters is 1. The highest BCUT2D eigenvalue weighted by Gasteiger charge is 2.15. The highest BCUT2D eigenvalue weighted by molar-refractivity contribution is 5.99. The number of hydrogen-bond donors (Lipinski definition) is 3. The van der Waals surface area contributed by atoms with Crippen LogP contribution in [-0.4, -0.2) is 36.6 Å². The first-order valence-electron chi connectivity index (χ1n) is 5.63. The minimum Gasteiger partial charge on any atom is -0.465 e. The van der Waals surface area contributed by atoms with Crippen molar-refractivity contribution >= 4 is 29.2 Å². The second kappa shape index (κ2) is 5.35. The van der Waals surface area contributed by atoms with E-state index in [1.54, 1.807) is 19.1 Å². The SMILES string of the molecule is CCOC(=O)CNc1ccc2c(n1)NCC(=O)N2. The maximum absolute atomic E-state index is 11.2. The van der Waals surface area contributed by atoms with Crippen molar-refractivity contribution in [3.8, 4) is 0 Å². The molecule has 0 atom stereocenters. The summed E-state index contributed by atoms with van der Waals surface area (Å²) in [5, 5.41) is 8.43. The molecule has 96 valence electrons. The molecule has 2 rings (SSSR count). The van der Waals surface area contributed by atoms with Crippen LogP contribution in [0.2, 0.25) is 0 Å². The lowest BCUT2D eigenvalue weighted by Crippen LogP contribution is -2.28. The van der Waals surface area contributed by atoms with E-state index in [1.165, 1.54) is 0 Å². The molecule has 0 unspecified atom stereocenters. The first-order valence-corrected chi connectivity index (χ1v) is 5.63. The Bertz CT molecular complexity index is 475. The van der Waals surface area contributed by atoms with Crippen LogP contribution in [-0.2, 0) is 14.3 Å². The summed E-state index contributed by atoms with van der Waals surface area (Å²) in [6.07, 6.45) is 0. The smallest absolute Gasteiger partial charge is 0.325 e. The number of hydrogen-bond acceptors (Lipinski definition) is 6. The van der Waals surface area contributed by atoms with Gasteiger partial charge in [0.05, 0.1) is 18.8 Å². The molecule has 1 aromatic rings. The Labute approximate surface area is 104 Å². The van der Waals surface area contributed by atoms with Crippen molar-refractivity contribution in [2.45, 2.75) is 6.92 Å². The van der Waals surface area contributed by atoms with Crippen molar-refractivity contribution in [1.82, 2.24) is 4.98 Å². The van der Waals surface area contributed by atoms with Gasteiger partial charge in [0, 0.05) is 0 Å². The highest BCUT2D eigenvalue weighted by Crippen LogP contribution is 2.23. The first-order chi connectivity index (χ1) is 8.69. The predicted octanol–water partition coefficient (Wildman–Crippen LogP) is 0.421. The van der Waals surface area contributed by atoms with Crippen molar-refractivity contribution in [2.75, 3.05) is 35.6 Å². The van der Waals surface area contributed by atoms with E-state index in [9.17, 15) is 9.59 Å². The lowest BCUT2D eigenvalue weighted by atomic mass is 10.3. The van der Waals surface area contributed by atoms with E-state index in [0.29, 0.717) is 23.9 Å². The number of carbonyl (C=O) groups is 2. The highest BCUT2D eigenvalue weighted by atomic mass is 16.5. The molecule has 7 nitrogen and oxygen atoms in total. The van der Waals surface area contributed by atoms with E-state index in [4.69, 9.17) is 4.74 Å². The summed E-state index contributed by atoms with van der Waals surface area (Å²) >= 11 is 0. The van der Waals surface area contributed by atoms with Crippen molar-refractivity contribution < 1.29 is 14.3 Å². The van der Waals surface area contributed by atoms with Gasteiger partial charge in [0.15, 0.2) is 5.82 Å². The summed E-state index contributed by atoms with van der Waals surface area (Å²) in [5.74, 6) is 0.698. The standard InChI is InChI=1S/C11H14N4O3/c1-2-18-10(17)6-12-8-4-3-7-11(15-8)13-5-9(16)14-7/h3-4H,2,5-6H2,1H3,(H,14,16)(H2,12,13,15). The number of ether oxygens (including phenoxy) is 1. The Kier molecular flexibility index (Phi) is 3.61. The van der Waals surface area contributed by atoms with Gasteiger partial charge in [-0.3, -0.25) is 9.59 Å². The van der Waals surface area contributed by atoms with Crippen LogP contribution in [0.15, 0.2) is 12.1 Å². The van der Waals surface area contributed by atoms with Gasteiger partial charge in [-0.25, -0.2) is 4.98 Å². The molecular formula is C11H14N4O3. The third kappa shape index (κ3) is 2.88. The normalized spacial score (nSPS) is 13.1. The van der Waals surface area contributed by atoms with Gasteiger partial charge in [-0.1, -0.05) is 0 Å². The topological polar surface area (TPSA) is 92.3 Å². The average molecular weight is 250 g/mol. The lowest BCUT2D eigenvalue weighted by Gasteiger charge is -2.18. The molecule has 1 aromatic heterocycles.